The van der Waals surface area contributed by atoms with Gasteiger partial charge in [0.05, 0.1) is 0 Å². The zero-order valence-corrected chi connectivity index (χ0v) is 10.0. The van der Waals surface area contributed by atoms with E-state index in [0.29, 0.717) is 5.69 Å². The number of ketones is 1. The number of nitrogens with zero attached hydrogens (tertiary/aromatic N) is 1. The minimum atomic E-state index is -1.12. The molecule has 1 radical (unpaired) electrons. The Hall–Kier alpha value is -2.00. The van der Waals surface area contributed by atoms with Gasteiger partial charge in [0.25, 0.3) is 0 Å². The molecule has 0 spiro atoms. The molecule has 0 bridgehead atoms. The molecular formula is C15H15N2O. The maximum atomic E-state index is 12.5. The molecule has 1 atom stereocenters. The number of rotatable bonds is 4. The molecule has 0 aliphatic heterocycles. The molecule has 1 aromatic carbocycles. The van der Waals surface area contributed by atoms with E-state index in [1.165, 1.54) is 0 Å². The van der Waals surface area contributed by atoms with E-state index in [9.17, 15) is 4.79 Å². The van der Waals surface area contributed by atoms with Crippen LogP contribution in [-0.2, 0) is 5.54 Å². The Kier molecular flexibility index (Phi) is 3.53. The number of carbonyl (C=O) groups is 1. The van der Waals surface area contributed by atoms with Crippen LogP contribution in [0, 0.1) is 6.92 Å². The number of benzene rings is 1. The van der Waals surface area contributed by atoms with Gasteiger partial charge in [-0.15, -0.1) is 0 Å². The highest BCUT2D eigenvalue weighted by molar-refractivity contribution is 6.02. The van der Waals surface area contributed by atoms with Crippen molar-refractivity contribution in [1.82, 2.24) is 4.98 Å². The van der Waals surface area contributed by atoms with E-state index in [2.05, 4.69) is 11.9 Å². The van der Waals surface area contributed by atoms with Gasteiger partial charge in [-0.2, -0.15) is 0 Å². The fourth-order valence-corrected chi connectivity index (χ4v) is 1.85. The average Bonchev–Trinajstić information content (AvgIpc) is 2.47. The van der Waals surface area contributed by atoms with E-state index in [0.717, 1.165) is 5.56 Å². The van der Waals surface area contributed by atoms with Crippen molar-refractivity contribution in [3.05, 3.63) is 72.9 Å². The topological polar surface area (TPSA) is 56.0 Å². The summed E-state index contributed by atoms with van der Waals surface area (Å²) in [6, 6.07) is 14.5. The number of hydrogen-bond acceptors (Lipinski definition) is 3. The lowest BCUT2D eigenvalue weighted by atomic mass is 9.83. The second kappa shape index (κ2) is 5.10. The molecule has 0 fully saturated rings. The minimum Gasteiger partial charge on any atom is -0.315 e. The third-order valence-corrected chi connectivity index (χ3v) is 2.99. The first-order valence-electron chi connectivity index (χ1n) is 5.78. The van der Waals surface area contributed by atoms with Crippen LogP contribution in [0.1, 0.15) is 22.5 Å². The number of pyridine rings is 1. The lowest BCUT2D eigenvalue weighted by Gasteiger charge is -2.26. The second-order valence-corrected chi connectivity index (χ2v) is 4.13. The van der Waals surface area contributed by atoms with Crippen LogP contribution in [0.25, 0.3) is 0 Å². The molecule has 0 aliphatic rings. The Morgan fingerprint density at radius 2 is 1.83 bits per heavy atom. The number of Topliss-reactive ketones (excluding diaryl/α,β-unsaturated/α-hetero) is 1. The standard InChI is InChI=1S/C15H15N2O/c1-2-15(16,12-8-4-3-5-9-12)14(18)13-10-6-7-11-17-13/h3-11H,1-2,16H2. The van der Waals surface area contributed by atoms with Gasteiger partial charge in [-0.25, -0.2) is 0 Å². The molecule has 18 heavy (non-hydrogen) atoms. The van der Waals surface area contributed by atoms with Crippen molar-refractivity contribution in [2.24, 2.45) is 5.73 Å². The van der Waals surface area contributed by atoms with Crippen LogP contribution in [0.15, 0.2) is 54.7 Å². The number of nitrogens with two attached hydrogens (primary N) is 1. The van der Waals surface area contributed by atoms with E-state index in [1.807, 2.05) is 30.3 Å². The van der Waals surface area contributed by atoms with Gasteiger partial charge >= 0.3 is 0 Å². The fraction of sp³-hybridized carbons (Fsp3) is 0.133. The average molecular weight is 239 g/mol. The number of aromatic nitrogens is 1. The van der Waals surface area contributed by atoms with Crippen LogP contribution in [-0.4, -0.2) is 10.8 Å². The van der Waals surface area contributed by atoms with Gasteiger partial charge in [-0.1, -0.05) is 43.3 Å². The molecule has 3 heteroatoms. The smallest absolute Gasteiger partial charge is 0.205 e. The summed E-state index contributed by atoms with van der Waals surface area (Å²) < 4.78 is 0. The summed E-state index contributed by atoms with van der Waals surface area (Å²) in [4.78, 5) is 16.5. The molecule has 0 amide bonds. The van der Waals surface area contributed by atoms with Crippen LogP contribution in [0.5, 0.6) is 0 Å². The summed E-state index contributed by atoms with van der Waals surface area (Å²) in [5, 5.41) is 0. The summed E-state index contributed by atoms with van der Waals surface area (Å²) in [5.74, 6) is -0.204. The Morgan fingerprint density at radius 3 is 2.39 bits per heavy atom. The SMILES string of the molecule is [CH2]CC(N)(C(=O)c1ccccn1)c1ccccc1. The highest BCUT2D eigenvalue weighted by atomic mass is 16.1. The van der Waals surface area contributed by atoms with Gasteiger partial charge < -0.3 is 5.73 Å². The van der Waals surface area contributed by atoms with E-state index in [4.69, 9.17) is 5.73 Å². The first-order valence-corrected chi connectivity index (χ1v) is 5.78. The zero-order chi connectivity index (χ0) is 13.0. The molecule has 2 N–H and O–H groups in total. The molecule has 0 saturated carbocycles. The normalized spacial score (nSPS) is 13.9. The van der Waals surface area contributed by atoms with Gasteiger partial charge in [-0.05, 0) is 24.1 Å². The first kappa shape index (κ1) is 12.5. The van der Waals surface area contributed by atoms with Crippen molar-refractivity contribution < 1.29 is 4.79 Å². The molecule has 2 rings (SSSR count). The van der Waals surface area contributed by atoms with Crippen LogP contribution in [0.4, 0.5) is 0 Å². The number of hydrogen-bond donors (Lipinski definition) is 1. The van der Waals surface area contributed by atoms with Gasteiger partial charge in [0.1, 0.15) is 11.2 Å². The van der Waals surface area contributed by atoms with Crippen LogP contribution < -0.4 is 5.73 Å². The lowest BCUT2D eigenvalue weighted by Crippen LogP contribution is -2.44. The predicted molar refractivity (Wildman–Crippen MR) is 70.8 cm³/mol. The third-order valence-electron chi connectivity index (χ3n) is 2.99. The molecule has 91 valence electrons. The van der Waals surface area contributed by atoms with Crippen molar-refractivity contribution in [3.63, 3.8) is 0 Å². The second-order valence-electron chi connectivity index (χ2n) is 4.13. The van der Waals surface area contributed by atoms with E-state index >= 15 is 0 Å². The molecule has 1 heterocycles. The van der Waals surface area contributed by atoms with E-state index in [1.54, 1.807) is 24.4 Å². The van der Waals surface area contributed by atoms with E-state index < -0.39 is 5.54 Å². The molecule has 0 aliphatic carbocycles. The molecule has 3 nitrogen and oxygen atoms in total. The van der Waals surface area contributed by atoms with Crippen molar-refractivity contribution in [1.29, 1.82) is 0 Å². The quantitative estimate of drug-likeness (QED) is 0.833. The van der Waals surface area contributed by atoms with Gasteiger partial charge in [-0.3, -0.25) is 9.78 Å². The summed E-state index contributed by atoms with van der Waals surface area (Å²) in [6.07, 6.45) is 1.87. The Bertz CT molecular complexity index is 525. The highest BCUT2D eigenvalue weighted by Gasteiger charge is 2.35. The molecule has 0 saturated heterocycles. The Labute approximate surface area is 107 Å². The van der Waals surface area contributed by atoms with Gasteiger partial charge in [0.15, 0.2) is 0 Å². The lowest BCUT2D eigenvalue weighted by molar-refractivity contribution is 0.0882. The zero-order valence-electron chi connectivity index (χ0n) is 10.0. The van der Waals surface area contributed by atoms with Crippen molar-refractivity contribution >= 4 is 5.78 Å². The minimum absolute atomic E-state index is 0.204. The molecular weight excluding hydrogens is 224 g/mol. The maximum Gasteiger partial charge on any atom is 0.205 e. The summed E-state index contributed by atoms with van der Waals surface area (Å²) in [6.45, 7) is 3.81. The Balaban J connectivity index is 2.43. The Morgan fingerprint density at radius 1 is 1.17 bits per heavy atom. The van der Waals surface area contributed by atoms with Crippen molar-refractivity contribution in [3.8, 4) is 0 Å². The van der Waals surface area contributed by atoms with Gasteiger partial charge in [0.2, 0.25) is 5.78 Å². The molecule has 1 unspecified atom stereocenters. The summed E-state index contributed by atoms with van der Waals surface area (Å²) in [5.41, 5.74) is 6.25. The van der Waals surface area contributed by atoms with Gasteiger partial charge in [0, 0.05) is 6.20 Å². The first-order chi connectivity index (χ1) is 8.68. The van der Waals surface area contributed by atoms with Crippen LogP contribution in [0.2, 0.25) is 0 Å². The monoisotopic (exact) mass is 239 g/mol. The number of carbonyl (C=O) groups excluding carboxylic acids is 1. The largest absolute Gasteiger partial charge is 0.315 e. The predicted octanol–water partition coefficient (Wildman–Crippen LogP) is 2.34. The summed E-state index contributed by atoms with van der Waals surface area (Å²) in [7, 11) is 0. The summed E-state index contributed by atoms with van der Waals surface area (Å²) >= 11 is 0. The molecule has 1 aromatic heterocycles. The van der Waals surface area contributed by atoms with Crippen molar-refractivity contribution in [2.45, 2.75) is 12.0 Å². The van der Waals surface area contributed by atoms with Crippen LogP contribution in [0.3, 0.4) is 0 Å². The van der Waals surface area contributed by atoms with Crippen LogP contribution >= 0.6 is 0 Å². The third kappa shape index (κ3) is 2.17. The fourth-order valence-electron chi connectivity index (χ4n) is 1.85. The highest BCUT2D eigenvalue weighted by Crippen LogP contribution is 2.25. The van der Waals surface area contributed by atoms with Crippen molar-refractivity contribution in [2.75, 3.05) is 0 Å². The maximum absolute atomic E-state index is 12.5. The van der Waals surface area contributed by atoms with E-state index in [-0.39, 0.29) is 12.2 Å². The molecule has 2 aromatic rings.